The van der Waals surface area contributed by atoms with E-state index in [-0.39, 0.29) is 17.4 Å². The Morgan fingerprint density at radius 1 is 1.03 bits per heavy atom. The zero-order valence-electron chi connectivity index (χ0n) is 16.6. The van der Waals surface area contributed by atoms with Crippen molar-refractivity contribution in [1.82, 2.24) is 15.1 Å². The highest BCUT2D eigenvalue weighted by molar-refractivity contribution is 7.15. The molecule has 2 fully saturated rings. The summed E-state index contributed by atoms with van der Waals surface area (Å²) in [7, 11) is 0. The standard InChI is InChI=1S/C21H24F2N4O2S/c22-15-6-7-16(17(23)12-15)20(29)27-10-8-13(9-11-27)18(28)24-21-26-25-19(30-21)14-4-2-1-3-5-14/h6-7,12-14H,1-5,8-11H2,(H,24,26,28). The van der Waals surface area contributed by atoms with E-state index in [0.29, 0.717) is 43.0 Å². The first-order valence-corrected chi connectivity index (χ1v) is 11.2. The molecule has 0 unspecified atom stereocenters. The molecular formula is C21H24F2N4O2S. The average Bonchev–Trinajstić information content (AvgIpc) is 3.22. The van der Waals surface area contributed by atoms with Crippen LogP contribution in [0.25, 0.3) is 0 Å². The lowest BCUT2D eigenvalue weighted by Gasteiger charge is -2.31. The van der Waals surface area contributed by atoms with Gasteiger partial charge in [0.1, 0.15) is 16.6 Å². The largest absolute Gasteiger partial charge is 0.339 e. The van der Waals surface area contributed by atoms with Gasteiger partial charge in [-0.05, 0) is 37.8 Å². The first kappa shape index (κ1) is 20.8. The van der Waals surface area contributed by atoms with Crippen LogP contribution in [0.1, 0.15) is 66.2 Å². The van der Waals surface area contributed by atoms with Crippen LogP contribution >= 0.6 is 11.3 Å². The number of halogens is 2. The number of anilines is 1. The molecule has 1 N–H and O–H groups in total. The molecule has 1 aliphatic heterocycles. The highest BCUT2D eigenvalue weighted by Gasteiger charge is 2.29. The minimum absolute atomic E-state index is 0.124. The number of amides is 2. The van der Waals surface area contributed by atoms with Crippen LogP contribution in [0, 0.1) is 17.6 Å². The van der Waals surface area contributed by atoms with Crippen molar-refractivity contribution >= 4 is 28.3 Å². The second-order valence-electron chi connectivity index (χ2n) is 7.96. The first-order chi connectivity index (χ1) is 14.5. The SMILES string of the molecule is O=C(Nc1nnc(C2CCCCC2)s1)C1CCN(C(=O)c2ccc(F)cc2F)CC1. The van der Waals surface area contributed by atoms with E-state index in [1.54, 1.807) is 0 Å². The maximum atomic E-state index is 13.9. The number of hydrogen-bond donors (Lipinski definition) is 1. The van der Waals surface area contributed by atoms with E-state index >= 15 is 0 Å². The average molecular weight is 435 g/mol. The van der Waals surface area contributed by atoms with Crippen LogP contribution in [0.4, 0.5) is 13.9 Å². The topological polar surface area (TPSA) is 75.2 Å². The summed E-state index contributed by atoms with van der Waals surface area (Å²) in [5.41, 5.74) is -0.150. The molecule has 6 nitrogen and oxygen atoms in total. The molecule has 0 radical (unpaired) electrons. The van der Waals surface area contributed by atoms with Crippen molar-refractivity contribution in [3.05, 3.63) is 40.4 Å². The summed E-state index contributed by atoms with van der Waals surface area (Å²) in [6.07, 6.45) is 6.92. The summed E-state index contributed by atoms with van der Waals surface area (Å²) in [5, 5.41) is 12.8. The molecule has 9 heteroatoms. The van der Waals surface area contributed by atoms with E-state index in [9.17, 15) is 18.4 Å². The lowest BCUT2D eigenvalue weighted by molar-refractivity contribution is -0.121. The number of piperidine rings is 1. The Labute approximate surface area is 177 Å². The van der Waals surface area contributed by atoms with E-state index < -0.39 is 17.5 Å². The third kappa shape index (κ3) is 4.66. The predicted octanol–water partition coefficient (Wildman–Crippen LogP) is 4.35. The second kappa shape index (κ2) is 9.16. The van der Waals surface area contributed by atoms with Crippen LogP contribution in [-0.4, -0.2) is 40.0 Å². The molecule has 160 valence electrons. The van der Waals surface area contributed by atoms with Gasteiger partial charge in [0.25, 0.3) is 5.91 Å². The Balaban J connectivity index is 1.30. The van der Waals surface area contributed by atoms with Crippen LogP contribution in [0.2, 0.25) is 0 Å². The Morgan fingerprint density at radius 2 is 1.77 bits per heavy atom. The third-order valence-corrected chi connectivity index (χ3v) is 6.94. The Hall–Kier alpha value is -2.42. The molecule has 0 spiro atoms. The monoisotopic (exact) mass is 434 g/mol. The van der Waals surface area contributed by atoms with Crippen LogP contribution in [0.3, 0.4) is 0 Å². The predicted molar refractivity (Wildman–Crippen MR) is 109 cm³/mol. The number of nitrogens with one attached hydrogen (secondary N) is 1. The van der Waals surface area contributed by atoms with E-state index in [1.165, 1.54) is 35.5 Å². The maximum Gasteiger partial charge on any atom is 0.256 e. The van der Waals surface area contributed by atoms with Gasteiger partial charge in [0, 0.05) is 31.0 Å². The lowest BCUT2D eigenvalue weighted by atomic mass is 9.90. The quantitative estimate of drug-likeness (QED) is 0.776. The van der Waals surface area contributed by atoms with Gasteiger partial charge in [-0.1, -0.05) is 30.6 Å². The molecule has 2 aliphatic rings. The van der Waals surface area contributed by atoms with Gasteiger partial charge in [0.2, 0.25) is 11.0 Å². The van der Waals surface area contributed by atoms with Crippen molar-refractivity contribution in [3.8, 4) is 0 Å². The Bertz CT molecular complexity index is 921. The lowest BCUT2D eigenvalue weighted by Crippen LogP contribution is -2.41. The van der Waals surface area contributed by atoms with Crippen molar-refractivity contribution in [2.24, 2.45) is 5.92 Å². The van der Waals surface area contributed by atoms with Gasteiger partial charge in [-0.25, -0.2) is 8.78 Å². The molecule has 30 heavy (non-hydrogen) atoms. The fourth-order valence-electron chi connectivity index (χ4n) is 4.19. The molecule has 1 aromatic carbocycles. The van der Waals surface area contributed by atoms with Gasteiger partial charge in [0.15, 0.2) is 0 Å². The zero-order valence-corrected chi connectivity index (χ0v) is 17.4. The third-order valence-electron chi connectivity index (χ3n) is 5.94. The molecule has 2 aromatic rings. The highest BCUT2D eigenvalue weighted by atomic mass is 32.1. The minimum Gasteiger partial charge on any atom is -0.339 e. The molecule has 1 saturated heterocycles. The van der Waals surface area contributed by atoms with Crippen molar-refractivity contribution in [2.75, 3.05) is 18.4 Å². The van der Waals surface area contributed by atoms with Crippen molar-refractivity contribution in [2.45, 2.75) is 50.9 Å². The molecule has 0 atom stereocenters. The molecule has 2 heterocycles. The van der Waals surface area contributed by atoms with Crippen molar-refractivity contribution < 1.29 is 18.4 Å². The number of benzene rings is 1. The summed E-state index contributed by atoms with van der Waals surface area (Å²) in [5.74, 6) is -1.99. The van der Waals surface area contributed by atoms with Gasteiger partial charge in [0.05, 0.1) is 5.56 Å². The Morgan fingerprint density at radius 3 is 2.47 bits per heavy atom. The summed E-state index contributed by atoms with van der Waals surface area (Å²) < 4.78 is 26.9. The number of nitrogens with zero attached hydrogens (tertiary/aromatic N) is 3. The fourth-order valence-corrected chi connectivity index (χ4v) is 5.10. The smallest absolute Gasteiger partial charge is 0.256 e. The van der Waals surface area contributed by atoms with Crippen molar-refractivity contribution in [3.63, 3.8) is 0 Å². The molecular weight excluding hydrogens is 410 g/mol. The number of hydrogen-bond acceptors (Lipinski definition) is 5. The molecule has 4 rings (SSSR count). The number of aromatic nitrogens is 2. The second-order valence-corrected chi connectivity index (χ2v) is 8.97. The molecule has 2 amide bonds. The summed E-state index contributed by atoms with van der Waals surface area (Å²) in [6.45, 7) is 0.689. The fraction of sp³-hybridized carbons (Fsp3) is 0.524. The number of likely N-dealkylation sites (tertiary alicyclic amines) is 1. The number of carbonyl (C=O) groups is 2. The van der Waals surface area contributed by atoms with Crippen molar-refractivity contribution in [1.29, 1.82) is 0 Å². The zero-order chi connectivity index (χ0) is 21.1. The van der Waals surface area contributed by atoms with Crippen LogP contribution < -0.4 is 5.32 Å². The van der Waals surface area contributed by atoms with Gasteiger partial charge in [-0.15, -0.1) is 10.2 Å². The normalized spacial score (nSPS) is 18.4. The van der Waals surface area contributed by atoms with E-state index in [1.807, 2.05) is 0 Å². The van der Waals surface area contributed by atoms with E-state index in [4.69, 9.17) is 0 Å². The maximum absolute atomic E-state index is 13.9. The molecule has 1 aliphatic carbocycles. The molecule has 1 aromatic heterocycles. The summed E-state index contributed by atoms with van der Waals surface area (Å²) in [6, 6.07) is 2.93. The van der Waals surface area contributed by atoms with Crippen LogP contribution in [0.15, 0.2) is 18.2 Å². The van der Waals surface area contributed by atoms with Crippen LogP contribution in [-0.2, 0) is 4.79 Å². The van der Waals surface area contributed by atoms with E-state index in [0.717, 1.165) is 30.0 Å². The molecule has 1 saturated carbocycles. The molecule has 0 bridgehead atoms. The summed E-state index contributed by atoms with van der Waals surface area (Å²) >= 11 is 1.45. The highest BCUT2D eigenvalue weighted by Crippen LogP contribution is 2.35. The van der Waals surface area contributed by atoms with Gasteiger partial charge in [-0.2, -0.15) is 0 Å². The summed E-state index contributed by atoms with van der Waals surface area (Å²) in [4.78, 5) is 26.6. The number of rotatable bonds is 4. The first-order valence-electron chi connectivity index (χ1n) is 10.4. The number of carbonyl (C=O) groups excluding carboxylic acids is 2. The van der Waals surface area contributed by atoms with Gasteiger partial charge >= 0.3 is 0 Å². The van der Waals surface area contributed by atoms with Gasteiger partial charge in [-0.3, -0.25) is 9.59 Å². The van der Waals surface area contributed by atoms with Gasteiger partial charge < -0.3 is 10.2 Å². The van der Waals surface area contributed by atoms with Crippen LogP contribution in [0.5, 0.6) is 0 Å². The van der Waals surface area contributed by atoms with E-state index in [2.05, 4.69) is 15.5 Å². The Kier molecular flexibility index (Phi) is 6.36. The minimum atomic E-state index is -0.870.